The first-order valence-electron chi connectivity index (χ1n) is 11.5. The van der Waals surface area contributed by atoms with Crippen LogP contribution in [0.3, 0.4) is 0 Å². The van der Waals surface area contributed by atoms with E-state index in [-0.39, 0.29) is 30.2 Å². The number of methoxy groups -OCH3 is 1. The number of amides is 1. The molecule has 3 aromatic rings. The molecule has 0 saturated heterocycles. The van der Waals surface area contributed by atoms with E-state index in [2.05, 4.69) is 15.3 Å². The number of H-pyrrole nitrogens is 1. The van der Waals surface area contributed by atoms with E-state index in [1.54, 1.807) is 24.3 Å². The number of imidazole rings is 1. The van der Waals surface area contributed by atoms with E-state index in [4.69, 9.17) is 4.74 Å². The summed E-state index contributed by atoms with van der Waals surface area (Å²) in [6.45, 7) is 3.75. The third kappa shape index (κ3) is 6.55. The maximum absolute atomic E-state index is 13.1. The van der Waals surface area contributed by atoms with E-state index < -0.39 is 30.0 Å². The van der Waals surface area contributed by atoms with Crippen molar-refractivity contribution in [3.8, 4) is 11.8 Å². The predicted octanol–water partition coefficient (Wildman–Crippen LogP) is 4.06. The van der Waals surface area contributed by atoms with Crippen molar-refractivity contribution < 1.29 is 32.3 Å². The Labute approximate surface area is 210 Å². The van der Waals surface area contributed by atoms with Crippen molar-refractivity contribution in [1.29, 1.82) is 5.26 Å². The van der Waals surface area contributed by atoms with Crippen molar-refractivity contribution >= 4 is 28.5 Å². The SMILES string of the molecule is COc1cccc2[nH]c(C(=O)C[C@@H](CC(C)C)C(=O)N[C@H](C#N)Cc3cncn3C(=O)C(F)(F)F)cc12. The zero-order valence-corrected chi connectivity index (χ0v) is 20.4. The van der Waals surface area contributed by atoms with Gasteiger partial charge >= 0.3 is 12.1 Å². The molecule has 0 aliphatic rings. The van der Waals surface area contributed by atoms with Crippen molar-refractivity contribution in [2.45, 2.75) is 45.3 Å². The summed E-state index contributed by atoms with van der Waals surface area (Å²) < 4.78 is 44.2. The smallest absolute Gasteiger partial charge is 0.472 e. The lowest BCUT2D eigenvalue weighted by molar-refractivity contribution is -0.125. The molecule has 0 spiro atoms. The molecule has 2 N–H and O–H groups in total. The minimum Gasteiger partial charge on any atom is -0.496 e. The second-order valence-electron chi connectivity index (χ2n) is 9.01. The highest BCUT2D eigenvalue weighted by atomic mass is 19.4. The number of aromatic nitrogens is 3. The fraction of sp³-hybridized carbons (Fsp3) is 0.400. The number of halogens is 3. The number of nitriles is 1. The van der Waals surface area contributed by atoms with Gasteiger partial charge in [-0.25, -0.2) is 4.98 Å². The van der Waals surface area contributed by atoms with Gasteiger partial charge in [-0.05, 0) is 30.5 Å². The quantitative estimate of drug-likeness (QED) is 0.390. The normalized spacial score (nSPS) is 13.2. The lowest BCUT2D eigenvalue weighted by Crippen LogP contribution is -2.41. The zero-order chi connectivity index (χ0) is 27.3. The van der Waals surface area contributed by atoms with Crippen molar-refractivity contribution in [3.63, 3.8) is 0 Å². The largest absolute Gasteiger partial charge is 0.496 e. The van der Waals surface area contributed by atoms with E-state index in [0.29, 0.717) is 39.7 Å². The minimum atomic E-state index is -5.13. The summed E-state index contributed by atoms with van der Waals surface area (Å²) in [5.74, 6) is -3.22. The maximum Gasteiger partial charge on any atom is 0.472 e. The molecule has 0 fully saturated rings. The van der Waals surface area contributed by atoms with E-state index >= 15 is 0 Å². The molecule has 2 heterocycles. The fourth-order valence-corrected chi connectivity index (χ4v) is 4.06. The number of carbonyl (C=O) groups excluding carboxylic acids is 3. The number of hydrogen-bond acceptors (Lipinski definition) is 6. The summed E-state index contributed by atoms with van der Waals surface area (Å²) in [5.41, 5.74) is 0.812. The van der Waals surface area contributed by atoms with E-state index in [0.717, 1.165) is 6.20 Å². The summed E-state index contributed by atoms with van der Waals surface area (Å²) in [6, 6.07) is 7.56. The average molecular weight is 518 g/mol. The van der Waals surface area contributed by atoms with Crippen molar-refractivity contribution in [2.24, 2.45) is 11.8 Å². The number of hydrogen-bond donors (Lipinski definition) is 2. The topological polar surface area (TPSA) is 130 Å². The van der Waals surface area contributed by atoms with Crippen LogP contribution in [0.2, 0.25) is 0 Å². The molecule has 0 radical (unpaired) electrons. The predicted molar refractivity (Wildman–Crippen MR) is 127 cm³/mol. The van der Waals surface area contributed by atoms with Gasteiger partial charge in [-0.1, -0.05) is 19.9 Å². The number of Topliss-reactive ketones (excluding diaryl/α,β-unsaturated/α-hetero) is 1. The van der Waals surface area contributed by atoms with Crippen molar-refractivity contribution in [2.75, 3.05) is 7.11 Å². The Bertz CT molecular complexity index is 1340. The molecule has 196 valence electrons. The third-order valence-electron chi connectivity index (χ3n) is 5.76. The van der Waals surface area contributed by atoms with Crippen LogP contribution >= 0.6 is 0 Å². The number of nitrogens with zero attached hydrogens (tertiary/aromatic N) is 3. The molecule has 1 aromatic carbocycles. The van der Waals surface area contributed by atoms with Crippen LogP contribution in [0, 0.1) is 23.2 Å². The summed E-state index contributed by atoms with van der Waals surface area (Å²) in [6.07, 6.45) is -3.59. The highest BCUT2D eigenvalue weighted by Crippen LogP contribution is 2.28. The number of fused-ring (bicyclic) bond motifs is 1. The van der Waals surface area contributed by atoms with Gasteiger partial charge in [0.25, 0.3) is 0 Å². The summed E-state index contributed by atoms with van der Waals surface area (Å²) >= 11 is 0. The first-order chi connectivity index (χ1) is 17.4. The number of nitrogens with one attached hydrogen (secondary N) is 2. The minimum absolute atomic E-state index is 0.0396. The Balaban J connectivity index is 1.75. The first kappa shape index (κ1) is 27.4. The van der Waals surface area contributed by atoms with E-state index in [1.165, 1.54) is 7.11 Å². The van der Waals surface area contributed by atoms with Crippen LogP contribution in [0.25, 0.3) is 10.9 Å². The highest BCUT2D eigenvalue weighted by molar-refractivity contribution is 6.02. The number of benzene rings is 1. The van der Waals surface area contributed by atoms with Crippen LogP contribution in [0.4, 0.5) is 13.2 Å². The van der Waals surface area contributed by atoms with Crippen LogP contribution < -0.4 is 10.1 Å². The molecule has 0 aliphatic carbocycles. The molecule has 0 aliphatic heterocycles. The van der Waals surface area contributed by atoms with Gasteiger partial charge in [0.1, 0.15) is 18.1 Å². The molecular formula is C25H26F3N5O4. The van der Waals surface area contributed by atoms with Crippen LogP contribution in [-0.4, -0.2) is 51.5 Å². The van der Waals surface area contributed by atoms with Crippen LogP contribution in [0.15, 0.2) is 36.8 Å². The second kappa shape index (κ2) is 11.3. The van der Waals surface area contributed by atoms with Gasteiger partial charge in [-0.3, -0.25) is 19.0 Å². The van der Waals surface area contributed by atoms with Crippen molar-refractivity contribution in [1.82, 2.24) is 19.9 Å². The Kier molecular flexibility index (Phi) is 8.37. The molecule has 12 heteroatoms. The molecule has 9 nitrogen and oxygen atoms in total. The zero-order valence-electron chi connectivity index (χ0n) is 20.4. The number of ketones is 1. The standard InChI is InChI=1S/C25H26F3N5O4/c1-14(2)7-15(8-21(34)20-10-18-19(32-20)5-4-6-22(18)37-3)23(35)31-16(11-29)9-17-12-30-13-33(17)24(36)25(26,27)28/h4-6,10,12-16,32H,7-9H2,1-3H3,(H,31,35)/t15-,16+/m1/s1. The van der Waals surface area contributed by atoms with Gasteiger partial charge in [0, 0.05) is 41.6 Å². The van der Waals surface area contributed by atoms with Gasteiger partial charge in [0.2, 0.25) is 5.91 Å². The van der Waals surface area contributed by atoms with Gasteiger partial charge in [0.05, 0.1) is 18.9 Å². The lowest BCUT2D eigenvalue weighted by Gasteiger charge is -2.20. The highest BCUT2D eigenvalue weighted by Gasteiger charge is 2.41. The molecule has 0 unspecified atom stereocenters. The molecule has 0 bridgehead atoms. The Hall–Kier alpha value is -4.14. The lowest BCUT2D eigenvalue weighted by atomic mass is 9.90. The van der Waals surface area contributed by atoms with Crippen LogP contribution in [-0.2, 0) is 11.2 Å². The van der Waals surface area contributed by atoms with Crippen molar-refractivity contribution in [3.05, 3.63) is 48.2 Å². The number of rotatable bonds is 10. The molecule has 2 aromatic heterocycles. The maximum atomic E-state index is 13.1. The van der Waals surface area contributed by atoms with Crippen LogP contribution in [0.1, 0.15) is 47.7 Å². The molecular weight excluding hydrogens is 491 g/mol. The van der Waals surface area contributed by atoms with E-state index in [1.807, 2.05) is 19.9 Å². The molecule has 0 saturated carbocycles. The summed E-state index contributed by atoms with van der Waals surface area (Å²) in [4.78, 5) is 44.3. The number of carbonyl (C=O) groups is 3. The number of ether oxygens (including phenoxy) is 1. The molecule has 3 rings (SSSR count). The molecule has 1 amide bonds. The molecule has 37 heavy (non-hydrogen) atoms. The third-order valence-corrected chi connectivity index (χ3v) is 5.76. The van der Waals surface area contributed by atoms with Gasteiger partial charge in [0.15, 0.2) is 5.78 Å². The van der Waals surface area contributed by atoms with Gasteiger partial charge < -0.3 is 15.0 Å². The Morgan fingerprint density at radius 1 is 1.27 bits per heavy atom. The monoisotopic (exact) mass is 517 g/mol. The fourth-order valence-electron chi connectivity index (χ4n) is 4.06. The van der Waals surface area contributed by atoms with Gasteiger partial charge in [-0.15, -0.1) is 0 Å². The number of alkyl halides is 3. The first-order valence-corrected chi connectivity index (χ1v) is 11.5. The Morgan fingerprint density at radius 2 is 2.00 bits per heavy atom. The summed E-state index contributed by atoms with van der Waals surface area (Å²) in [5, 5.41) is 12.7. The average Bonchev–Trinajstić information content (AvgIpc) is 3.48. The summed E-state index contributed by atoms with van der Waals surface area (Å²) in [7, 11) is 1.52. The molecule has 2 atom stereocenters. The Morgan fingerprint density at radius 3 is 2.62 bits per heavy atom. The van der Waals surface area contributed by atoms with Crippen LogP contribution in [0.5, 0.6) is 5.75 Å². The van der Waals surface area contributed by atoms with E-state index in [9.17, 15) is 32.8 Å². The number of aromatic amines is 1. The second-order valence-corrected chi connectivity index (χ2v) is 9.01. The van der Waals surface area contributed by atoms with Gasteiger partial charge in [-0.2, -0.15) is 18.4 Å².